The van der Waals surface area contributed by atoms with Crippen LogP contribution in [-0.4, -0.2) is 12.2 Å². The quantitative estimate of drug-likeness (QED) is 0.851. The molecular weight excluding hydrogens is 248 g/mol. The van der Waals surface area contributed by atoms with Crippen LogP contribution >= 0.6 is 0 Å². The molecule has 2 nitrogen and oxygen atoms in total. The van der Waals surface area contributed by atoms with Crippen LogP contribution in [0.4, 0.5) is 0 Å². The lowest BCUT2D eigenvalue weighted by atomic mass is 10.0. The van der Waals surface area contributed by atoms with Crippen LogP contribution in [0.5, 0.6) is 5.75 Å². The summed E-state index contributed by atoms with van der Waals surface area (Å²) < 4.78 is 5.11. The van der Waals surface area contributed by atoms with Crippen LogP contribution in [0.15, 0.2) is 35.9 Å². The first-order valence-corrected chi connectivity index (χ1v) is 6.80. The predicted octanol–water partition coefficient (Wildman–Crippen LogP) is 3.24. The number of methoxy groups -OCH3 is 1. The Labute approximate surface area is 120 Å². The molecule has 2 rings (SSSR count). The van der Waals surface area contributed by atoms with Crippen molar-refractivity contribution in [2.24, 2.45) is 0 Å². The Morgan fingerprint density at radius 2 is 1.80 bits per heavy atom. The SMILES string of the molecule is COc1ccc([C@@H](O)/C2=C/C#CCCCCC#C2)cc1. The second-order valence-corrected chi connectivity index (χ2v) is 4.61. The van der Waals surface area contributed by atoms with Gasteiger partial charge in [-0.1, -0.05) is 35.8 Å². The number of aliphatic hydroxyl groups excluding tert-OH is 1. The van der Waals surface area contributed by atoms with Crippen molar-refractivity contribution in [3.05, 3.63) is 41.5 Å². The van der Waals surface area contributed by atoms with Gasteiger partial charge in [-0.25, -0.2) is 0 Å². The molecule has 0 fully saturated rings. The lowest BCUT2D eigenvalue weighted by molar-refractivity contribution is 0.221. The Balaban J connectivity index is 2.23. The largest absolute Gasteiger partial charge is 0.497 e. The number of ether oxygens (including phenoxy) is 1. The van der Waals surface area contributed by atoms with E-state index in [4.69, 9.17) is 4.74 Å². The highest BCUT2D eigenvalue weighted by atomic mass is 16.5. The maximum Gasteiger partial charge on any atom is 0.118 e. The first-order valence-electron chi connectivity index (χ1n) is 6.80. The van der Waals surface area contributed by atoms with Crippen molar-refractivity contribution in [1.29, 1.82) is 0 Å². The van der Waals surface area contributed by atoms with Gasteiger partial charge in [-0.2, -0.15) is 0 Å². The van der Waals surface area contributed by atoms with E-state index >= 15 is 0 Å². The third-order valence-corrected chi connectivity index (χ3v) is 3.14. The summed E-state index contributed by atoms with van der Waals surface area (Å²) in [4.78, 5) is 0. The first kappa shape index (κ1) is 14.3. The maximum absolute atomic E-state index is 10.4. The summed E-state index contributed by atoms with van der Waals surface area (Å²) in [5.74, 6) is 13.0. The Morgan fingerprint density at radius 1 is 1.10 bits per heavy atom. The monoisotopic (exact) mass is 266 g/mol. The summed E-state index contributed by atoms with van der Waals surface area (Å²) in [6, 6.07) is 7.35. The van der Waals surface area contributed by atoms with Gasteiger partial charge in [0.05, 0.1) is 7.11 Å². The number of allylic oxidation sites excluding steroid dienone is 1. The molecule has 0 radical (unpaired) electrons. The molecule has 0 aromatic heterocycles. The molecule has 0 saturated carbocycles. The second-order valence-electron chi connectivity index (χ2n) is 4.61. The van der Waals surface area contributed by atoms with Crippen LogP contribution in [-0.2, 0) is 0 Å². The van der Waals surface area contributed by atoms with Crippen molar-refractivity contribution in [3.63, 3.8) is 0 Å². The normalized spacial score (nSPS) is 18.4. The minimum atomic E-state index is -0.734. The fraction of sp³-hybridized carbons (Fsp3) is 0.333. The van der Waals surface area contributed by atoms with E-state index in [1.807, 2.05) is 24.3 Å². The zero-order valence-corrected chi connectivity index (χ0v) is 11.6. The van der Waals surface area contributed by atoms with E-state index in [1.54, 1.807) is 13.2 Å². The molecule has 0 unspecified atom stereocenters. The van der Waals surface area contributed by atoms with Gasteiger partial charge in [0.25, 0.3) is 0 Å². The minimum absolute atomic E-state index is 0.657. The molecule has 0 spiro atoms. The van der Waals surface area contributed by atoms with Crippen LogP contribution in [0.3, 0.4) is 0 Å². The number of hydrogen-bond acceptors (Lipinski definition) is 2. The third kappa shape index (κ3) is 3.92. The fourth-order valence-electron chi connectivity index (χ4n) is 1.94. The van der Waals surface area contributed by atoms with E-state index in [1.165, 1.54) is 0 Å². The van der Waals surface area contributed by atoms with E-state index in [9.17, 15) is 5.11 Å². The van der Waals surface area contributed by atoms with E-state index in [0.29, 0.717) is 5.57 Å². The summed E-state index contributed by atoms with van der Waals surface area (Å²) in [5, 5.41) is 10.4. The van der Waals surface area contributed by atoms with Crippen LogP contribution < -0.4 is 4.74 Å². The molecule has 1 aromatic rings. The van der Waals surface area contributed by atoms with Crippen molar-refractivity contribution in [2.45, 2.75) is 31.8 Å². The molecule has 0 amide bonds. The number of rotatable bonds is 3. The van der Waals surface area contributed by atoms with Gasteiger partial charge in [0.2, 0.25) is 0 Å². The molecule has 102 valence electrons. The fourth-order valence-corrected chi connectivity index (χ4v) is 1.94. The third-order valence-electron chi connectivity index (χ3n) is 3.14. The second kappa shape index (κ2) is 7.43. The molecule has 0 aliphatic heterocycles. The molecule has 0 saturated heterocycles. The van der Waals surface area contributed by atoms with Crippen LogP contribution in [0.1, 0.15) is 37.4 Å². The van der Waals surface area contributed by atoms with Crippen molar-refractivity contribution in [3.8, 4) is 29.4 Å². The molecule has 0 heterocycles. The smallest absolute Gasteiger partial charge is 0.118 e. The van der Waals surface area contributed by atoms with Crippen LogP contribution in [0.2, 0.25) is 0 Å². The molecule has 1 N–H and O–H groups in total. The topological polar surface area (TPSA) is 29.5 Å². The first-order chi connectivity index (χ1) is 9.81. The van der Waals surface area contributed by atoms with Crippen molar-refractivity contribution in [1.82, 2.24) is 0 Å². The molecule has 0 bridgehead atoms. The van der Waals surface area contributed by atoms with Crippen molar-refractivity contribution >= 4 is 0 Å². The van der Waals surface area contributed by atoms with Gasteiger partial charge >= 0.3 is 0 Å². The average molecular weight is 266 g/mol. The zero-order chi connectivity index (χ0) is 14.2. The highest BCUT2D eigenvalue weighted by molar-refractivity contribution is 5.43. The number of hydrogen-bond donors (Lipinski definition) is 1. The number of benzene rings is 1. The molecule has 2 heteroatoms. The van der Waals surface area contributed by atoms with Crippen LogP contribution in [0, 0.1) is 23.7 Å². The van der Waals surface area contributed by atoms with Gasteiger partial charge in [0, 0.05) is 24.5 Å². The Morgan fingerprint density at radius 3 is 2.50 bits per heavy atom. The highest BCUT2D eigenvalue weighted by Crippen LogP contribution is 2.23. The number of aliphatic hydroxyl groups is 1. The average Bonchev–Trinajstić information content (AvgIpc) is 2.52. The lowest BCUT2D eigenvalue weighted by Gasteiger charge is -2.11. The predicted molar refractivity (Wildman–Crippen MR) is 80.1 cm³/mol. The summed E-state index contributed by atoms with van der Waals surface area (Å²) in [7, 11) is 1.62. The molecule has 1 aliphatic carbocycles. The van der Waals surface area contributed by atoms with Crippen molar-refractivity contribution in [2.75, 3.05) is 7.11 Å². The van der Waals surface area contributed by atoms with E-state index in [0.717, 1.165) is 37.0 Å². The molecule has 1 atom stereocenters. The summed E-state index contributed by atoms with van der Waals surface area (Å²) >= 11 is 0. The molecule has 20 heavy (non-hydrogen) atoms. The van der Waals surface area contributed by atoms with Crippen molar-refractivity contribution < 1.29 is 9.84 Å². The standard InChI is InChI=1S/C18H18O2/c1-20-17-13-11-16(12-14-17)18(19)15-9-7-5-3-2-4-6-8-10-15/h10-14,18-19H,2-5H2,1H3/b15-10+/t18-/m0/s1. The summed E-state index contributed by atoms with van der Waals surface area (Å²) in [5.41, 5.74) is 1.45. The maximum atomic E-state index is 10.4. The van der Waals surface area contributed by atoms with E-state index < -0.39 is 6.10 Å². The van der Waals surface area contributed by atoms with Gasteiger partial charge in [0.15, 0.2) is 0 Å². The molecule has 1 aromatic carbocycles. The highest BCUT2D eigenvalue weighted by Gasteiger charge is 2.11. The van der Waals surface area contributed by atoms with E-state index in [2.05, 4.69) is 23.7 Å². The molecule has 1 aliphatic rings. The van der Waals surface area contributed by atoms with Gasteiger partial charge in [-0.05, 0) is 30.5 Å². The minimum Gasteiger partial charge on any atom is -0.497 e. The zero-order valence-electron chi connectivity index (χ0n) is 11.6. The van der Waals surface area contributed by atoms with Gasteiger partial charge in [-0.3, -0.25) is 0 Å². The Bertz CT molecular complexity index is 588. The lowest BCUT2D eigenvalue weighted by Crippen LogP contribution is -2.00. The van der Waals surface area contributed by atoms with Crippen LogP contribution in [0.25, 0.3) is 0 Å². The van der Waals surface area contributed by atoms with Gasteiger partial charge in [-0.15, -0.1) is 0 Å². The van der Waals surface area contributed by atoms with Gasteiger partial charge in [0.1, 0.15) is 11.9 Å². The van der Waals surface area contributed by atoms with E-state index in [-0.39, 0.29) is 0 Å². The molecular formula is C18H18O2. The summed E-state index contributed by atoms with van der Waals surface area (Å²) in [6.07, 6.45) is 4.90. The van der Waals surface area contributed by atoms with Gasteiger partial charge < -0.3 is 9.84 Å². The Kier molecular flexibility index (Phi) is 5.30. The Hall–Kier alpha value is -2.16. The summed E-state index contributed by atoms with van der Waals surface area (Å²) in [6.45, 7) is 0.